The Balaban J connectivity index is 2.19. The van der Waals surface area contributed by atoms with Gasteiger partial charge in [-0.1, -0.05) is 64.4 Å². The van der Waals surface area contributed by atoms with Gasteiger partial charge >= 0.3 is 0 Å². The molecular formula is C19H32N2. The van der Waals surface area contributed by atoms with Gasteiger partial charge in [-0.05, 0) is 24.3 Å². The molecule has 0 bridgehead atoms. The second-order valence-corrected chi connectivity index (χ2v) is 7.36. The van der Waals surface area contributed by atoms with Gasteiger partial charge in [0.25, 0.3) is 0 Å². The minimum atomic E-state index is 0.0696. The third-order valence-electron chi connectivity index (χ3n) is 5.00. The average molecular weight is 288 g/mol. The summed E-state index contributed by atoms with van der Waals surface area (Å²) in [6.07, 6.45) is 1.25. The lowest BCUT2D eigenvalue weighted by molar-refractivity contribution is 0.0463. The van der Waals surface area contributed by atoms with Crippen LogP contribution in [0.3, 0.4) is 0 Å². The average Bonchev–Trinajstić information content (AvgIpc) is 2.47. The lowest BCUT2D eigenvalue weighted by Crippen LogP contribution is -2.63. The summed E-state index contributed by atoms with van der Waals surface area (Å²) in [6.45, 7) is 15.1. The van der Waals surface area contributed by atoms with Crippen molar-refractivity contribution in [2.24, 2.45) is 11.8 Å². The molecule has 0 amide bonds. The van der Waals surface area contributed by atoms with Crippen LogP contribution in [0.25, 0.3) is 0 Å². The van der Waals surface area contributed by atoms with E-state index in [0.717, 1.165) is 24.9 Å². The molecule has 1 fully saturated rings. The van der Waals surface area contributed by atoms with Crippen molar-refractivity contribution in [2.45, 2.75) is 52.6 Å². The zero-order chi connectivity index (χ0) is 15.5. The Morgan fingerprint density at radius 2 is 1.90 bits per heavy atom. The van der Waals surface area contributed by atoms with E-state index in [1.165, 1.54) is 18.5 Å². The van der Waals surface area contributed by atoms with Crippen molar-refractivity contribution in [3.8, 4) is 0 Å². The molecule has 2 nitrogen and oxygen atoms in total. The van der Waals surface area contributed by atoms with Crippen molar-refractivity contribution < 1.29 is 0 Å². The minimum absolute atomic E-state index is 0.0696. The van der Waals surface area contributed by atoms with E-state index < -0.39 is 0 Å². The van der Waals surface area contributed by atoms with E-state index in [2.05, 4.69) is 75.2 Å². The van der Waals surface area contributed by atoms with E-state index in [1.807, 2.05) is 0 Å². The van der Waals surface area contributed by atoms with Crippen molar-refractivity contribution in [3.05, 3.63) is 35.9 Å². The van der Waals surface area contributed by atoms with Crippen LogP contribution in [0.5, 0.6) is 0 Å². The molecule has 1 N–H and O–H groups in total. The summed E-state index contributed by atoms with van der Waals surface area (Å²) in [5, 5.41) is 3.84. The van der Waals surface area contributed by atoms with Crippen molar-refractivity contribution in [1.29, 1.82) is 0 Å². The third kappa shape index (κ3) is 3.87. The first kappa shape index (κ1) is 16.5. The normalized spacial score (nSPS) is 28.8. The molecule has 118 valence electrons. The standard InChI is InChI=1S/C19H32N2/c1-6-16(4)18-12-20-19(5,14-21(18)13-15(2)3)17-10-8-7-9-11-17/h7-11,15-16,18,20H,6,12-14H2,1-5H3. The maximum atomic E-state index is 3.84. The van der Waals surface area contributed by atoms with Gasteiger partial charge in [0.1, 0.15) is 0 Å². The highest BCUT2D eigenvalue weighted by atomic mass is 15.3. The smallest absolute Gasteiger partial charge is 0.0535 e. The molecule has 0 aromatic heterocycles. The largest absolute Gasteiger partial charge is 0.305 e. The van der Waals surface area contributed by atoms with Crippen LogP contribution in [0.15, 0.2) is 30.3 Å². The molecule has 2 heteroatoms. The summed E-state index contributed by atoms with van der Waals surface area (Å²) in [6, 6.07) is 11.6. The van der Waals surface area contributed by atoms with Crippen LogP contribution in [-0.2, 0) is 5.54 Å². The van der Waals surface area contributed by atoms with Gasteiger partial charge in [-0.2, -0.15) is 0 Å². The highest BCUT2D eigenvalue weighted by Gasteiger charge is 2.38. The number of benzene rings is 1. The van der Waals surface area contributed by atoms with Crippen LogP contribution in [0, 0.1) is 11.8 Å². The molecule has 3 unspecified atom stereocenters. The van der Waals surface area contributed by atoms with Gasteiger partial charge in [-0.15, -0.1) is 0 Å². The topological polar surface area (TPSA) is 15.3 Å². The maximum absolute atomic E-state index is 3.84. The highest BCUT2D eigenvalue weighted by molar-refractivity contribution is 5.25. The van der Waals surface area contributed by atoms with E-state index in [4.69, 9.17) is 0 Å². The molecule has 1 aliphatic rings. The number of hydrogen-bond donors (Lipinski definition) is 1. The molecule has 0 spiro atoms. The second kappa shape index (κ2) is 6.93. The van der Waals surface area contributed by atoms with E-state index in [9.17, 15) is 0 Å². The second-order valence-electron chi connectivity index (χ2n) is 7.36. The summed E-state index contributed by atoms with van der Waals surface area (Å²) in [5.74, 6) is 1.46. The number of piperazine rings is 1. The predicted molar refractivity (Wildman–Crippen MR) is 91.5 cm³/mol. The fourth-order valence-corrected chi connectivity index (χ4v) is 3.54. The van der Waals surface area contributed by atoms with E-state index in [1.54, 1.807) is 0 Å². The van der Waals surface area contributed by atoms with Crippen molar-refractivity contribution in [1.82, 2.24) is 10.2 Å². The predicted octanol–water partition coefficient (Wildman–Crippen LogP) is 3.88. The number of hydrogen-bond acceptors (Lipinski definition) is 2. The first-order valence-electron chi connectivity index (χ1n) is 8.51. The van der Waals surface area contributed by atoms with E-state index in [0.29, 0.717) is 6.04 Å². The molecule has 0 radical (unpaired) electrons. The maximum Gasteiger partial charge on any atom is 0.0535 e. The van der Waals surface area contributed by atoms with E-state index in [-0.39, 0.29) is 5.54 Å². The Hall–Kier alpha value is -0.860. The summed E-state index contributed by atoms with van der Waals surface area (Å²) in [5.41, 5.74) is 1.47. The zero-order valence-corrected chi connectivity index (χ0v) is 14.4. The lowest BCUT2D eigenvalue weighted by atomic mass is 9.85. The Kier molecular flexibility index (Phi) is 5.45. The van der Waals surface area contributed by atoms with Gasteiger partial charge in [0.2, 0.25) is 0 Å². The minimum Gasteiger partial charge on any atom is -0.305 e. The van der Waals surface area contributed by atoms with Gasteiger partial charge in [0.05, 0.1) is 5.54 Å². The molecule has 0 aliphatic carbocycles. The SMILES string of the molecule is CCC(C)C1CNC(C)(c2ccccc2)CN1CC(C)C. The van der Waals surface area contributed by atoms with Gasteiger partial charge in [-0.25, -0.2) is 0 Å². The first-order valence-corrected chi connectivity index (χ1v) is 8.51. The van der Waals surface area contributed by atoms with Gasteiger partial charge in [-0.3, -0.25) is 4.90 Å². The van der Waals surface area contributed by atoms with Gasteiger partial charge in [0, 0.05) is 25.7 Å². The monoisotopic (exact) mass is 288 g/mol. The Morgan fingerprint density at radius 1 is 1.24 bits per heavy atom. The molecule has 0 saturated carbocycles. The number of rotatable bonds is 5. The Bertz CT molecular complexity index is 428. The molecule has 1 saturated heterocycles. The highest BCUT2D eigenvalue weighted by Crippen LogP contribution is 2.29. The first-order chi connectivity index (χ1) is 9.96. The molecule has 1 aromatic carbocycles. The molecule has 2 rings (SSSR count). The molecule has 1 aliphatic heterocycles. The van der Waals surface area contributed by atoms with Crippen LogP contribution in [0.2, 0.25) is 0 Å². The van der Waals surface area contributed by atoms with Crippen LogP contribution in [0.1, 0.15) is 46.6 Å². The van der Waals surface area contributed by atoms with Crippen molar-refractivity contribution in [3.63, 3.8) is 0 Å². The van der Waals surface area contributed by atoms with Crippen LogP contribution in [0.4, 0.5) is 0 Å². The van der Waals surface area contributed by atoms with E-state index >= 15 is 0 Å². The quantitative estimate of drug-likeness (QED) is 0.884. The molecule has 1 aromatic rings. The van der Waals surface area contributed by atoms with Crippen molar-refractivity contribution in [2.75, 3.05) is 19.6 Å². The number of nitrogens with one attached hydrogen (secondary N) is 1. The lowest BCUT2D eigenvalue weighted by Gasteiger charge is -2.49. The van der Waals surface area contributed by atoms with Crippen LogP contribution in [-0.4, -0.2) is 30.6 Å². The zero-order valence-electron chi connectivity index (χ0n) is 14.4. The third-order valence-corrected chi connectivity index (χ3v) is 5.00. The summed E-state index contributed by atoms with van der Waals surface area (Å²) in [4.78, 5) is 2.72. The molecule has 1 heterocycles. The Labute approximate surface area is 130 Å². The number of nitrogens with zero attached hydrogens (tertiary/aromatic N) is 1. The van der Waals surface area contributed by atoms with Crippen LogP contribution >= 0.6 is 0 Å². The van der Waals surface area contributed by atoms with Crippen molar-refractivity contribution >= 4 is 0 Å². The fourth-order valence-electron chi connectivity index (χ4n) is 3.54. The molecular weight excluding hydrogens is 256 g/mol. The Morgan fingerprint density at radius 3 is 2.48 bits per heavy atom. The van der Waals surface area contributed by atoms with Gasteiger partial charge in [0.15, 0.2) is 0 Å². The van der Waals surface area contributed by atoms with Gasteiger partial charge < -0.3 is 5.32 Å². The summed E-state index contributed by atoms with van der Waals surface area (Å²) in [7, 11) is 0. The summed E-state index contributed by atoms with van der Waals surface area (Å²) >= 11 is 0. The molecule has 21 heavy (non-hydrogen) atoms. The fraction of sp³-hybridized carbons (Fsp3) is 0.684. The van der Waals surface area contributed by atoms with Crippen LogP contribution < -0.4 is 5.32 Å². The summed E-state index contributed by atoms with van der Waals surface area (Å²) < 4.78 is 0. The molecule has 3 atom stereocenters.